The largest absolute Gasteiger partial charge is 0.245 e. The van der Waals surface area contributed by atoms with E-state index in [-0.39, 0.29) is 18.0 Å². The maximum absolute atomic E-state index is 13.7. The molecule has 0 bridgehead atoms. The Morgan fingerprint density at radius 3 is 2.70 bits per heavy atom. The van der Waals surface area contributed by atoms with E-state index in [1.165, 1.54) is 29.5 Å². The maximum atomic E-state index is 13.7. The Bertz CT molecular complexity index is 872. The van der Waals surface area contributed by atoms with Gasteiger partial charge in [-0.15, -0.1) is 17.9 Å². The number of thiophene rings is 1. The van der Waals surface area contributed by atoms with E-state index in [2.05, 4.69) is 6.58 Å². The van der Waals surface area contributed by atoms with Crippen molar-refractivity contribution in [2.75, 3.05) is 6.54 Å². The van der Waals surface area contributed by atoms with E-state index in [1.807, 2.05) is 0 Å². The van der Waals surface area contributed by atoms with E-state index in [0.29, 0.717) is 4.34 Å². The van der Waals surface area contributed by atoms with Crippen LogP contribution >= 0.6 is 22.9 Å². The molecule has 0 atom stereocenters. The van der Waals surface area contributed by atoms with Crippen molar-refractivity contribution in [1.82, 2.24) is 4.31 Å². The third-order valence-corrected chi connectivity index (χ3v) is 6.07. The van der Waals surface area contributed by atoms with Crippen LogP contribution in [-0.4, -0.2) is 19.3 Å². The second-order valence-corrected chi connectivity index (χ2v) is 8.22. The molecule has 0 N–H and O–H groups in total. The molecule has 8 heteroatoms. The highest BCUT2D eigenvalue weighted by atomic mass is 35.5. The molecular formula is C15H12ClFN2O2S2. The monoisotopic (exact) mass is 370 g/mol. The summed E-state index contributed by atoms with van der Waals surface area (Å²) >= 11 is 7.11. The van der Waals surface area contributed by atoms with Crippen LogP contribution in [0.2, 0.25) is 4.34 Å². The Hall–Kier alpha value is -1.72. The van der Waals surface area contributed by atoms with Crippen molar-refractivity contribution in [1.29, 1.82) is 5.26 Å². The lowest BCUT2D eigenvalue weighted by molar-refractivity contribution is 0.440. The van der Waals surface area contributed by atoms with Crippen LogP contribution in [-0.2, 0) is 16.6 Å². The van der Waals surface area contributed by atoms with Gasteiger partial charge in [-0.25, -0.2) is 12.8 Å². The molecule has 4 nitrogen and oxygen atoms in total. The van der Waals surface area contributed by atoms with Crippen molar-refractivity contribution < 1.29 is 12.8 Å². The molecule has 0 aliphatic rings. The highest BCUT2D eigenvalue weighted by molar-refractivity contribution is 7.89. The molecule has 120 valence electrons. The first-order chi connectivity index (χ1) is 10.9. The molecule has 0 unspecified atom stereocenters. The summed E-state index contributed by atoms with van der Waals surface area (Å²) in [6, 6.07) is 8.53. The van der Waals surface area contributed by atoms with Crippen LogP contribution in [0, 0.1) is 17.1 Å². The van der Waals surface area contributed by atoms with Gasteiger partial charge in [-0.2, -0.15) is 9.57 Å². The molecule has 2 rings (SSSR count). The fraction of sp³-hybridized carbons (Fsp3) is 0.133. The summed E-state index contributed by atoms with van der Waals surface area (Å²) in [5.41, 5.74) is -0.495. The molecule has 0 aliphatic carbocycles. The molecular weight excluding hydrogens is 359 g/mol. The number of hydrogen-bond acceptors (Lipinski definition) is 4. The molecule has 0 aliphatic heterocycles. The molecule has 23 heavy (non-hydrogen) atoms. The summed E-state index contributed by atoms with van der Waals surface area (Å²) < 4.78 is 41.0. The number of sulfonamides is 1. The number of halogens is 2. The lowest BCUT2D eigenvalue weighted by atomic mass is 10.2. The number of nitriles is 1. The standard InChI is InChI=1S/C15H12ClFN2O2S2/c1-2-8-19(10-11-6-7-15(16)22-11)23(20,21)14-5-3-4-13(17)12(14)9-18/h2-7H,1,8,10H2. The van der Waals surface area contributed by atoms with Gasteiger partial charge in [-0.05, 0) is 24.3 Å². The summed E-state index contributed by atoms with van der Waals surface area (Å²) in [5.74, 6) is -0.869. The molecule has 0 saturated carbocycles. The smallest absolute Gasteiger partial charge is 0.207 e. The van der Waals surface area contributed by atoms with Crippen LogP contribution in [0.5, 0.6) is 0 Å². The average molecular weight is 371 g/mol. The molecule has 0 spiro atoms. The van der Waals surface area contributed by atoms with E-state index in [9.17, 15) is 12.8 Å². The van der Waals surface area contributed by atoms with E-state index in [0.717, 1.165) is 15.2 Å². The number of rotatable bonds is 6. The van der Waals surface area contributed by atoms with Gasteiger partial charge in [0, 0.05) is 18.0 Å². The second kappa shape index (κ2) is 7.23. The van der Waals surface area contributed by atoms with E-state index in [4.69, 9.17) is 16.9 Å². The zero-order valence-corrected chi connectivity index (χ0v) is 14.3. The van der Waals surface area contributed by atoms with E-state index >= 15 is 0 Å². The molecule has 0 fully saturated rings. The summed E-state index contributed by atoms with van der Waals surface area (Å²) in [6.07, 6.45) is 1.43. The van der Waals surface area contributed by atoms with Gasteiger partial charge in [-0.1, -0.05) is 23.7 Å². The van der Waals surface area contributed by atoms with Gasteiger partial charge in [-0.3, -0.25) is 0 Å². The van der Waals surface area contributed by atoms with E-state index < -0.39 is 21.4 Å². The Kier molecular flexibility index (Phi) is 5.55. The fourth-order valence-corrected chi connectivity index (χ4v) is 4.69. The minimum Gasteiger partial charge on any atom is -0.207 e. The number of benzene rings is 1. The molecule has 1 heterocycles. The third kappa shape index (κ3) is 3.79. The second-order valence-electron chi connectivity index (χ2n) is 4.52. The highest BCUT2D eigenvalue weighted by Gasteiger charge is 2.28. The van der Waals surface area contributed by atoms with Crippen molar-refractivity contribution in [3.8, 4) is 6.07 Å². The van der Waals surface area contributed by atoms with Gasteiger partial charge in [0.25, 0.3) is 0 Å². The molecule has 1 aromatic heterocycles. The van der Waals surface area contributed by atoms with Gasteiger partial charge < -0.3 is 0 Å². The van der Waals surface area contributed by atoms with Crippen molar-refractivity contribution >= 4 is 33.0 Å². The average Bonchev–Trinajstić information content (AvgIpc) is 2.91. The van der Waals surface area contributed by atoms with Crippen LogP contribution in [0.1, 0.15) is 10.4 Å². The number of nitrogens with zero attached hydrogens (tertiary/aromatic N) is 2. The molecule has 2 aromatic rings. The highest BCUT2D eigenvalue weighted by Crippen LogP contribution is 2.27. The summed E-state index contributed by atoms with van der Waals surface area (Å²) in [7, 11) is -4.05. The summed E-state index contributed by atoms with van der Waals surface area (Å²) in [4.78, 5) is 0.375. The predicted molar refractivity (Wildman–Crippen MR) is 88.2 cm³/mol. The topological polar surface area (TPSA) is 61.2 Å². The fourth-order valence-electron chi connectivity index (χ4n) is 1.97. The first kappa shape index (κ1) is 17.6. The van der Waals surface area contributed by atoms with Crippen LogP contribution in [0.25, 0.3) is 0 Å². The maximum Gasteiger partial charge on any atom is 0.245 e. The molecule has 0 amide bonds. The predicted octanol–water partition coefficient (Wildman–Crippen LogP) is 3.79. The zero-order chi connectivity index (χ0) is 17.0. The zero-order valence-electron chi connectivity index (χ0n) is 11.9. The summed E-state index contributed by atoms with van der Waals surface area (Å²) in [5, 5.41) is 9.06. The Labute approximate surface area is 143 Å². The quantitative estimate of drug-likeness (QED) is 0.727. The van der Waals surface area contributed by atoms with Gasteiger partial charge in [0.15, 0.2) is 0 Å². The Morgan fingerprint density at radius 2 is 2.13 bits per heavy atom. The van der Waals surface area contributed by atoms with Crippen molar-refractivity contribution in [3.63, 3.8) is 0 Å². The minimum atomic E-state index is -4.05. The van der Waals surface area contributed by atoms with Crippen molar-refractivity contribution in [2.24, 2.45) is 0 Å². The Balaban J connectivity index is 2.47. The van der Waals surface area contributed by atoms with Crippen molar-refractivity contribution in [3.05, 3.63) is 63.6 Å². The molecule has 0 saturated heterocycles. The lowest BCUT2D eigenvalue weighted by Gasteiger charge is -2.20. The SMILES string of the molecule is C=CCN(Cc1ccc(Cl)s1)S(=O)(=O)c1cccc(F)c1C#N. The minimum absolute atomic E-state index is 0.0270. The summed E-state index contributed by atoms with van der Waals surface area (Å²) in [6.45, 7) is 3.64. The van der Waals surface area contributed by atoms with Gasteiger partial charge in [0.2, 0.25) is 10.0 Å². The van der Waals surface area contributed by atoms with Gasteiger partial charge in [0.1, 0.15) is 22.3 Å². The number of hydrogen-bond donors (Lipinski definition) is 0. The Morgan fingerprint density at radius 1 is 1.39 bits per heavy atom. The van der Waals surface area contributed by atoms with Crippen LogP contribution in [0.3, 0.4) is 0 Å². The lowest BCUT2D eigenvalue weighted by Crippen LogP contribution is -2.31. The van der Waals surface area contributed by atoms with Crippen molar-refractivity contribution in [2.45, 2.75) is 11.4 Å². The normalized spacial score (nSPS) is 11.4. The molecule has 0 radical (unpaired) electrons. The van der Waals surface area contributed by atoms with Gasteiger partial charge >= 0.3 is 0 Å². The van der Waals surface area contributed by atoms with Crippen LogP contribution in [0.15, 0.2) is 47.9 Å². The molecule has 1 aromatic carbocycles. The van der Waals surface area contributed by atoms with Crippen LogP contribution < -0.4 is 0 Å². The van der Waals surface area contributed by atoms with Gasteiger partial charge in [0.05, 0.1) is 4.34 Å². The van der Waals surface area contributed by atoms with Crippen LogP contribution in [0.4, 0.5) is 4.39 Å². The first-order valence-corrected chi connectivity index (χ1v) is 9.07. The first-order valence-electron chi connectivity index (χ1n) is 6.44. The van der Waals surface area contributed by atoms with E-state index in [1.54, 1.807) is 18.2 Å². The third-order valence-electron chi connectivity index (χ3n) is 3.00.